The number of pyridine rings is 1. The van der Waals surface area contributed by atoms with Gasteiger partial charge < -0.3 is 9.64 Å². The molecule has 0 bridgehead atoms. The zero-order valence-electron chi connectivity index (χ0n) is 18.9. The highest BCUT2D eigenvalue weighted by molar-refractivity contribution is 7.99. The quantitative estimate of drug-likeness (QED) is 0.497. The van der Waals surface area contributed by atoms with E-state index in [1.165, 1.54) is 37.4 Å². The molecule has 3 heterocycles. The fourth-order valence-corrected chi connectivity index (χ4v) is 6.00. The van der Waals surface area contributed by atoms with Gasteiger partial charge in [0.15, 0.2) is 11.0 Å². The number of amides is 1. The number of hydrogen-bond acceptors (Lipinski definition) is 6. The number of nitrogens with zero attached hydrogens (tertiary/aromatic N) is 5. The van der Waals surface area contributed by atoms with Crippen molar-refractivity contribution >= 4 is 17.7 Å². The second kappa shape index (κ2) is 9.95. The van der Waals surface area contributed by atoms with Gasteiger partial charge in [0.25, 0.3) is 0 Å². The average Bonchev–Trinajstić information content (AvgIpc) is 3.31. The summed E-state index contributed by atoms with van der Waals surface area (Å²) in [6, 6.07) is 12.1. The summed E-state index contributed by atoms with van der Waals surface area (Å²) >= 11 is 1.46. The van der Waals surface area contributed by atoms with Gasteiger partial charge in [-0.15, -0.1) is 10.2 Å². The first-order valence-corrected chi connectivity index (χ1v) is 12.7. The van der Waals surface area contributed by atoms with E-state index >= 15 is 0 Å². The summed E-state index contributed by atoms with van der Waals surface area (Å²) in [5.41, 5.74) is 1.85. The van der Waals surface area contributed by atoms with E-state index in [-0.39, 0.29) is 5.91 Å². The molecule has 1 amide bonds. The third-order valence-corrected chi connectivity index (χ3v) is 7.70. The molecular formula is C25H29N5O2S. The predicted molar refractivity (Wildman–Crippen MR) is 129 cm³/mol. The fourth-order valence-electron chi connectivity index (χ4n) is 5.16. The average molecular weight is 464 g/mol. The van der Waals surface area contributed by atoms with Crippen LogP contribution in [0.4, 0.5) is 0 Å². The minimum absolute atomic E-state index is 0.214. The van der Waals surface area contributed by atoms with Gasteiger partial charge in [-0.3, -0.25) is 14.3 Å². The summed E-state index contributed by atoms with van der Waals surface area (Å²) in [4.78, 5) is 19.5. The number of carbonyl (C=O) groups excluding carboxylic acids is 1. The first kappa shape index (κ1) is 21.9. The molecule has 2 aromatic heterocycles. The Hall–Kier alpha value is -2.87. The zero-order valence-corrected chi connectivity index (χ0v) is 19.7. The minimum Gasteiger partial charge on any atom is -0.497 e. The summed E-state index contributed by atoms with van der Waals surface area (Å²) in [6.45, 7) is 0.883. The van der Waals surface area contributed by atoms with Crippen molar-refractivity contribution in [1.82, 2.24) is 24.6 Å². The largest absolute Gasteiger partial charge is 0.497 e. The van der Waals surface area contributed by atoms with E-state index in [1.807, 2.05) is 41.0 Å². The van der Waals surface area contributed by atoms with Crippen molar-refractivity contribution in [3.05, 3.63) is 48.8 Å². The molecule has 2 aliphatic rings. The van der Waals surface area contributed by atoms with Crippen LogP contribution in [0.1, 0.15) is 38.5 Å². The van der Waals surface area contributed by atoms with Gasteiger partial charge in [0.05, 0.1) is 12.9 Å². The monoisotopic (exact) mass is 463 g/mol. The van der Waals surface area contributed by atoms with E-state index in [9.17, 15) is 4.79 Å². The molecule has 2 unspecified atom stereocenters. The summed E-state index contributed by atoms with van der Waals surface area (Å²) in [7, 11) is 1.65. The Morgan fingerprint density at radius 1 is 1.03 bits per heavy atom. The van der Waals surface area contributed by atoms with E-state index < -0.39 is 0 Å². The maximum absolute atomic E-state index is 13.3. The van der Waals surface area contributed by atoms with Gasteiger partial charge in [-0.1, -0.05) is 24.6 Å². The molecule has 1 saturated heterocycles. The van der Waals surface area contributed by atoms with Gasteiger partial charge in [0.2, 0.25) is 5.91 Å². The van der Waals surface area contributed by atoms with Gasteiger partial charge >= 0.3 is 0 Å². The molecule has 1 aromatic carbocycles. The van der Waals surface area contributed by atoms with Crippen LogP contribution in [0.15, 0.2) is 53.9 Å². The molecule has 0 spiro atoms. The van der Waals surface area contributed by atoms with Crippen LogP contribution in [-0.2, 0) is 4.79 Å². The second-order valence-electron chi connectivity index (χ2n) is 8.71. The molecule has 172 valence electrons. The number of rotatable bonds is 6. The SMILES string of the molecule is COc1ccc(-n2c(SCC(=O)N3CCCC4CCCCC43)nnc2-c2ccncc2)cc1. The van der Waals surface area contributed by atoms with Crippen LogP contribution < -0.4 is 4.74 Å². The van der Waals surface area contributed by atoms with Gasteiger partial charge in [-0.25, -0.2) is 0 Å². The van der Waals surface area contributed by atoms with Crippen molar-refractivity contribution in [2.45, 2.75) is 49.7 Å². The van der Waals surface area contributed by atoms with Crippen molar-refractivity contribution in [2.24, 2.45) is 5.92 Å². The Morgan fingerprint density at radius 3 is 2.58 bits per heavy atom. The van der Waals surface area contributed by atoms with Crippen molar-refractivity contribution < 1.29 is 9.53 Å². The topological polar surface area (TPSA) is 73.1 Å². The van der Waals surface area contributed by atoms with E-state index in [2.05, 4.69) is 20.1 Å². The minimum atomic E-state index is 0.214. The van der Waals surface area contributed by atoms with Crippen molar-refractivity contribution in [3.8, 4) is 22.8 Å². The molecule has 0 radical (unpaired) electrons. The number of fused-ring (bicyclic) bond motifs is 1. The first-order valence-electron chi connectivity index (χ1n) is 11.7. The van der Waals surface area contributed by atoms with Gasteiger partial charge in [0.1, 0.15) is 5.75 Å². The summed E-state index contributed by atoms with van der Waals surface area (Å²) in [6.07, 6.45) is 10.8. The highest BCUT2D eigenvalue weighted by Gasteiger charge is 2.35. The van der Waals surface area contributed by atoms with E-state index in [0.717, 1.165) is 42.2 Å². The third-order valence-electron chi connectivity index (χ3n) is 6.79. The maximum Gasteiger partial charge on any atom is 0.233 e. The summed E-state index contributed by atoms with van der Waals surface area (Å²) in [5.74, 6) is 2.78. The molecule has 33 heavy (non-hydrogen) atoms. The van der Waals surface area contributed by atoms with Gasteiger partial charge in [-0.2, -0.15) is 0 Å². The molecule has 5 rings (SSSR count). The van der Waals surface area contributed by atoms with Crippen molar-refractivity contribution in [3.63, 3.8) is 0 Å². The molecule has 2 fully saturated rings. The molecular weight excluding hydrogens is 434 g/mol. The lowest BCUT2D eigenvalue weighted by molar-refractivity contribution is -0.134. The third kappa shape index (κ3) is 4.62. The zero-order chi connectivity index (χ0) is 22.6. The molecule has 0 N–H and O–H groups in total. The molecule has 1 aliphatic carbocycles. The van der Waals surface area contributed by atoms with E-state index in [4.69, 9.17) is 4.74 Å². The van der Waals surface area contributed by atoms with E-state index in [1.54, 1.807) is 19.5 Å². The predicted octanol–water partition coefficient (Wildman–Crippen LogP) is 4.61. The molecule has 2 atom stereocenters. The van der Waals surface area contributed by atoms with Gasteiger partial charge in [-0.05, 0) is 68.0 Å². The van der Waals surface area contributed by atoms with Crippen LogP contribution >= 0.6 is 11.8 Å². The maximum atomic E-state index is 13.3. The lowest BCUT2D eigenvalue weighted by Gasteiger charge is -2.44. The number of hydrogen-bond donors (Lipinski definition) is 0. The van der Waals surface area contributed by atoms with Crippen LogP contribution in [0.5, 0.6) is 5.75 Å². The number of carbonyl (C=O) groups is 1. The Morgan fingerprint density at radius 2 is 1.79 bits per heavy atom. The smallest absolute Gasteiger partial charge is 0.233 e. The number of thioether (sulfide) groups is 1. The lowest BCUT2D eigenvalue weighted by Crippen LogP contribution is -2.50. The first-order chi connectivity index (χ1) is 16.2. The van der Waals surface area contributed by atoms with Crippen molar-refractivity contribution in [1.29, 1.82) is 0 Å². The highest BCUT2D eigenvalue weighted by Crippen LogP contribution is 2.36. The van der Waals surface area contributed by atoms with Crippen LogP contribution in [0.3, 0.4) is 0 Å². The van der Waals surface area contributed by atoms with Crippen LogP contribution in [0.25, 0.3) is 17.1 Å². The van der Waals surface area contributed by atoms with Crippen LogP contribution in [0.2, 0.25) is 0 Å². The summed E-state index contributed by atoms with van der Waals surface area (Å²) < 4.78 is 7.32. The number of aromatic nitrogens is 4. The number of piperidine rings is 1. The summed E-state index contributed by atoms with van der Waals surface area (Å²) in [5, 5.41) is 9.64. The Bertz CT molecular complexity index is 1080. The standard InChI is InChI=1S/C25H29N5O2S/c1-32-21-10-8-20(9-11-21)30-24(19-12-14-26-15-13-19)27-28-25(30)33-17-23(31)29-16-4-6-18-5-2-3-7-22(18)29/h8-15,18,22H,2-7,16-17H2,1H3. The molecule has 1 aliphatic heterocycles. The molecule has 7 nitrogen and oxygen atoms in total. The van der Waals surface area contributed by atoms with Crippen LogP contribution in [0, 0.1) is 5.92 Å². The number of benzene rings is 1. The number of ether oxygens (including phenoxy) is 1. The number of methoxy groups -OCH3 is 1. The Kier molecular flexibility index (Phi) is 6.62. The highest BCUT2D eigenvalue weighted by atomic mass is 32.2. The fraction of sp³-hybridized carbons (Fsp3) is 0.440. The second-order valence-corrected chi connectivity index (χ2v) is 9.65. The molecule has 8 heteroatoms. The molecule has 3 aromatic rings. The Balaban J connectivity index is 1.39. The van der Waals surface area contributed by atoms with E-state index in [0.29, 0.717) is 22.9 Å². The normalized spacial score (nSPS) is 20.3. The van der Waals surface area contributed by atoms with Crippen LogP contribution in [-0.4, -0.2) is 56.0 Å². The van der Waals surface area contributed by atoms with Gasteiger partial charge in [0, 0.05) is 36.2 Å². The lowest BCUT2D eigenvalue weighted by atomic mass is 9.78. The number of likely N-dealkylation sites (tertiary alicyclic amines) is 1. The molecule has 1 saturated carbocycles. The Labute approximate surface area is 198 Å². The van der Waals surface area contributed by atoms with Crippen molar-refractivity contribution in [2.75, 3.05) is 19.4 Å².